The second kappa shape index (κ2) is 3.51. The molecule has 0 aromatic rings. The number of carbonyl (C=O) groups excluding carboxylic acids is 1. The van der Waals surface area contributed by atoms with Gasteiger partial charge in [-0.25, -0.2) is 0 Å². The van der Waals surface area contributed by atoms with Gasteiger partial charge in [0.05, 0.1) is 5.54 Å². The molecule has 2 fully saturated rings. The number of rotatable bonds is 2. The van der Waals surface area contributed by atoms with Gasteiger partial charge in [-0.05, 0) is 12.8 Å². The van der Waals surface area contributed by atoms with Gasteiger partial charge in [-0.1, -0.05) is 12.8 Å². The zero-order chi connectivity index (χ0) is 10.2. The first-order chi connectivity index (χ1) is 6.65. The lowest BCUT2D eigenvalue weighted by atomic mass is 9.92. The summed E-state index contributed by atoms with van der Waals surface area (Å²) in [4.78, 5) is 13.7. The maximum atomic E-state index is 11.9. The second-order valence-electron chi connectivity index (χ2n) is 4.62. The predicted octanol–water partition coefficient (Wildman–Crippen LogP) is -0.291. The Hall–Kier alpha value is -0.610. The van der Waals surface area contributed by atoms with Crippen molar-refractivity contribution in [3.8, 4) is 0 Å². The summed E-state index contributed by atoms with van der Waals surface area (Å²) in [6.07, 6.45) is 3.79. The first-order valence-electron chi connectivity index (χ1n) is 5.35. The fourth-order valence-corrected chi connectivity index (χ4v) is 2.39. The zero-order valence-electron chi connectivity index (χ0n) is 8.41. The third-order valence-electron chi connectivity index (χ3n) is 3.42. The van der Waals surface area contributed by atoms with Crippen molar-refractivity contribution < 1.29 is 9.90 Å². The molecule has 1 amide bonds. The summed E-state index contributed by atoms with van der Waals surface area (Å²) in [6, 6.07) is 0. The molecule has 4 heteroatoms. The maximum absolute atomic E-state index is 11.9. The zero-order valence-corrected chi connectivity index (χ0v) is 8.41. The highest BCUT2D eigenvalue weighted by atomic mass is 16.3. The number of carbonyl (C=O) groups is 1. The first-order valence-corrected chi connectivity index (χ1v) is 5.35. The van der Waals surface area contributed by atoms with Gasteiger partial charge in [-0.3, -0.25) is 4.79 Å². The number of nitrogens with two attached hydrogens (primary N) is 1. The summed E-state index contributed by atoms with van der Waals surface area (Å²) in [5.74, 6) is 0.378. The van der Waals surface area contributed by atoms with Crippen LogP contribution in [0.4, 0.5) is 0 Å². The van der Waals surface area contributed by atoms with Crippen LogP contribution < -0.4 is 5.73 Å². The lowest BCUT2D eigenvalue weighted by Crippen LogP contribution is -2.61. The fourth-order valence-electron chi connectivity index (χ4n) is 2.39. The summed E-state index contributed by atoms with van der Waals surface area (Å²) in [6.45, 7) is 1.56. The molecule has 1 saturated heterocycles. The van der Waals surface area contributed by atoms with Crippen LogP contribution in [0.2, 0.25) is 0 Å². The second-order valence-corrected chi connectivity index (χ2v) is 4.62. The van der Waals surface area contributed by atoms with Crippen molar-refractivity contribution in [1.29, 1.82) is 0 Å². The molecule has 0 spiro atoms. The molecule has 14 heavy (non-hydrogen) atoms. The number of likely N-dealkylation sites (tertiary alicyclic amines) is 1. The molecular weight excluding hydrogens is 180 g/mol. The molecule has 0 unspecified atom stereocenters. The van der Waals surface area contributed by atoms with Gasteiger partial charge in [-0.2, -0.15) is 0 Å². The summed E-state index contributed by atoms with van der Waals surface area (Å²) < 4.78 is 0. The SMILES string of the molecule is NC1(C(=O)N2CC(CO)C2)CCCC1. The molecule has 1 aliphatic heterocycles. The fraction of sp³-hybridized carbons (Fsp3) is 0.900. The number of aliphatic hydroxyl groups is 1. The topological polar surface area (TPSA) is 66.6 Å². The molecule has 2 rings (SSSR count). The van der Waals surface area contributed by atoms with E-state index in [1.807, 2.05) is 0 Å². The Morgan fingerprint density at radius 2 is 2.00 bits per heavy atom. The minimum Gasteiger partial charge on any atom is -0.396 e. The Labute approximate surface area is 84.1 Å². The molecule has 3 N–H and O–H groups in total. The van der Waals surface area contributed by atoms with E-state index >= 15 is 0 Å². The highest BCUT2D eigenvalue weighted by Crippen LogP contribution is 2.31. The van der Waals surface area contributed by atoms with Gasteiger partial charge in [0.15, 0.2) is 0 Å². The predicted molar refractivity (Wildman–Crippen MR) is 52.5 cm³/mol. The highest BCUT2D eigenvalue weighted by molar-refractivity contribution is 5.87. The molecule has 0 radical (unpaired) electrons. The van der Waals surface area contributed by atoms with Crippen LogP contribution in [-0.4, -0.2) is 41.1 Å². The number of amides is 1. The molecule has 1 aliphatic carbocycles. The van der Waals surface area contributed by atoms with Crippen molar-refractivity contribution >= 4 is 5.91 Å². The van der Waals surface area contributed by atoms with Gasteiger partial charge in [0, 0.05) is 25.6 Å². The Kier molecular flexibility index (Phi) is 2.49. The van der Waals surface area contributed by atoms with E-state index in [-0.39, 0.29) is 18.4 Å². The van der Waals surface area contributed by atoms with E-state index in [1.54, 1.807) is 4.90 Å². The first kappa shape index (κ1) is 9.93. The van der Waals surface area contributed by atoms with Crippen LogP contribution in [0.25, 0.3) is 0 Å². The summed E-state index contributed by atoms with van der Waals surface area (Å²) >= 11 is 0. The lowest BCUT2D eigenvalue weighted by Gasteiger charge is -2.42. The molecule has 1 heterocycles. The van der Waals surface area contributed by atoms with Crippen molar-refractivity contribution in [3.63, 3.8) is 0 Å². The molecule has 4 nitrogen and oxygen atoms in total. The van der Waals surface area contributed by atoms with Crippen molar-refractivity contribution in [2.75, 3.05) is 19.7 Å². The Bertz CT molecular complexity index is 230. The van der Waals surface area contributed by atoms with Gasteiger partial charge in [0.25, 0.3) is 0 Å². The number of hydrogen-bond donors (Lipinski definition) is 2. The van der Waals surface area contributed by atoms with Gasteiger partial charge in [0.2, 0.25) is 5.91 Å². The summed E-state index contributed by atoms with van der Waals surface area (Å²) in [5, 5.41) is 8.85. The molecular formula is C10H18N2O2. The van der Waals surface area contributed by atoms with Crippen LogP contribution in [0.15, 0.2) is 0 Å². The molecule has 1 saturated carbocycles. The number of aliphatic hydroxyl groups excluding tert-OH is 1. The van der Waals surface area contributed by atoms with E-state index in [4.69, 9.17) is 10.8 Å². The van der Waals surface area contributed by atoms with E-state index in [9.17, 15) is 4.79 Å². The van der Waals surface area contributed by atoms with Crippen molar-refractivity contribution in [2.45, 2.75) is 31.2 Å². The summed E-state index contributed by atoms with van der Waals surface area (Å²) in [7, 11) is 0. The van der Waals surface area contributed by atoms with Crippen molar-refractivity contribution in [3.05, 3.63) is 0 Å². The van der Waals surface area contributed by atoms with Crippen LogP contribution in [0, 0.1) is 5.92 Å². The quantitative estimate of drug-likeness (QED) is 0.640. The minimum absolute atomic E-state index is 0.0969. The van der Waals surface area contributed by atoms with Crippen LogP contribution >= 0.6 is 0 Å². The Morgan fingerprint density at radius 3 is 2.50 bits per heavy atom. The standard InChI is InChI=1S/C10H18N2O2/c11-10(3-1-2-4-10)9(14)12-5-8(6-12)7-13/h8,13H,1-7,11H2. The average molecular weight is 198 g/mol. The van der Waals surface area contributed by atoms with E-state index < -0.39 is 5.54 Å². The molecule has 0 aromatic heterocycles. The van der Waals surface area contributed by atoms with Gasteiger partial charge < -0.3 is 15.7 Å². The molecule has 0 bridgehead atoms. The van der Waals surface area contributed by atoms with Crippen LogP contribution in [0.5, 0.6) is 0 Å². The monoisotopic (exact) mass is 198 g/mol. The molecule has 2 aliphatic rings. The van der Waals surface area contributed by atoms with Crippen molar-refractivity contribution in [2.24, 2.45) is 11.7 Å². The van der Waals surface area contributed by atoms with E-state index in [1.165, 1.54) is 0 Å². The van der Waals surface area contributed by atoms with Crippen molar-refractivity contribution in [1.82, 2.24) is 4.90 Å². The highest BCUT2D eigenvalue weighted by Gasteiger charge is 2.43. The van der Waals surface area contributed by atoms with Gasteiger partial charge in [0.1, 0.15) is 0 Å². The van der Waals surface area contributed by atoms with Gasteiger partial charge >= 0.3 is 0 Å². The lowest BCUT2D eigenvalue weighted by molar-refractivity contribution is -0.144. The largest absolute Gasteiger partial charge is 0.396 e. The number of hydrogen-bond acceptors (Lipinski definition) is 3. The number of nitrogens with zero attached hydrogens (tertiary/aromatic N) is 1. The third-order valence-corrected chi connectivity index (χ3v) is 3.42. The normalized spacial score (nSPS) is 26.3. The molecule has 80 valence electrons. The smallest absolute Gasteiger partial charge is 0.242 e. The maximum Gasteiger partial charge on any atom is 0.242 e. The van der Waals surface area contributed by atoms with Crippen LogP contribution in [-0.2, 0) is 4.79 Å². The minimum atomic E-state index is -0.583. The average Bonchev–Trinajstić information content (AvgIpc) is 2.51. The van der Waals surface area contributed by atoms with Crippen LogP contribution in [0.3, 0.4) is 0 Å². The van der Waals surface area contributed by atoms with Gasteiger partial charge in [-0.15, -0.1) is 0 Å². The van der Waals surface area contributed by atoms with Crippen LogP contribution in [0.1, 0.15) is 25.7 Å². The van der Waals surface area contributed by atoms with E-state index in [2.05, 4.69) is 0 Å². The Morgan fingerprint density at radius 1 is 1.43 bits per heavy atom. The summed E-state index contributed by atoms with van der Waals surface area (Å²) in [5.41, 5.74) is 5.46. The molecule has 0 atom stereocenters. The Balaban J connectivity index is 1.90. The molecule has 0 aromatic carbocycles. The third kappa shape index (κ3) is 1.53. The van der Waals surface area contributed by atoms with E-state index in [0.29, 0.717) is 13.1 Å². The van der Waals surface area contributed by atoms with E-state index in [0.717, 1.165) is 25.7 Å².